The second kappa shape index (κ2) is 17.5. The summed E-state index contributed by atoms with van der Waals surface area (Å²) in [6.45, 7) is 7.64. The lowest BCUT2D eigenvalue weighted by molar-refractivity contribution is -0.138. The minimum absolute atomic E-state index is 0.308. The van der Waals surface area contributed by atoms with Gasteiger partial charge in [-0.3, -0.25) is 4.99 Å². The molecular weight excluding hydrogens is 434 g/mol. The summed E-state index contributed by atoms with van der Waals surface area (Å²) in [6, 6.07) is 15.8. The summed E-state index contributed by atoms with van der Waals surface area (Å²) in [5.74, 6) is 0.981. The quantitative estimate of drug-likeness (QED) is 0.0992. The zero-order chi connectivity index (χ0) is 25.1. The fourth-order valence-electron chi connectivity index (χ4n) is 3.45. The highest BCUT2D eigenvalue weighted by molar-refractivity contribution is 5.87. The molecule has 2 rings (SSSR count). The van der Waals surface area contributed by atoms with E-state index in [4.69, 9.17) is 9.47 Å². The molecule has 2 aromatic carbocycles. The predicted molar refractivity (Wildman–Crippen MR) is 148 cm³/mol. The highest BCUT2D eigenvalue weighted by Crippen LogP contribution is 2.16. The Labute approximate surface area is 212 Å². The molecule has 0 unspecified atom stereocenters. The summed E-state index contributed by atoms with van der Waals surface area (Å²) in [6.07, 6.45) is 16.5. The molecule has 0 aromatic heterocycles. The maximum atomic E-state index is 11.8. The third kappa shape index (κ3) is 13.0. The predicted octanol–water partition coefficient (Wildman–Crippen LogP) is 8.56. The second-order valence-corrected chi connectivity index (χ2v) is 9.22. The molecule has 0 amide bonds. The van der Waals surface area contributed by atoms with Gasteiger partial charge in [-0.2, -0.15) is 0 Å². The number of rotatable bonds is 17. The van der Waals surface area contributed by atoms with Crippen molar-refractivity contribution < 1.29 is 14.3 Å². The van der Waals surface area contributed by atoms with Crippen molar-refractivity contribution >= 4 is 23.9 Å². The molecule has 35 heavy (non-hydrogen) atoms. The van der Waals surface area contributed by atoms with Crippen molar-refractivity contribution in [2.45, 2.75) is 78.6 Å². The second-order valence-electron chi connectivity index (χ2n) is 9.22. The lowest BCUT2D eigenvalue weighted by atomic mass is 10.1. The minimum atomic E-state index is -0.308. The van der Waals surface area contributed by atoms with Crippen molar-refractivity contribution in [2.24, 2.45) is 10.9 Å². The van der Waals surface area contributed by atoms with E-state index in [-0.39, 0.29) is 5.97 Å². The molecule has 190 valence electrons. The molecular formula is C31H43NO3. The number of nitrogens with zero attached hydrogens (tertiary/aromatic N) is 1. The van der Waals surface area contributed by atoms with Crippen LogP contribution < -0.4 is 4.74 Å². The normalized spacial score (nSPS) is 12.3. The fraction of sp³-hybridized carbons (Fsp3) is 0.484. The molecule has 0 N–H and O–H groups in total. The number of benzene rings is 2. The molecule has 4 nitrogen and oxygen atoms in total. The van der Waals surface area contributed by atoms with Gasteiger partial charge in [0.25, 0.3) is 0 Å². The van der Waals surface area contributed by atoms with Crippen molar-refractivity contribution in [3.05, 3.63) is 65.7 Å². The van der Waals surface area contributed by atoms with Crippen molar-refractivity contribution in [3.8, 4) is 5.75 Å². The van der Waals surface area contributed by atoms with E-state index in [2.05, 4.69) is 25.8 Å². The van der Waals surface area contributed by atoms with E-state index in [1.54, 1.807) is 6.08 Å². The monoisotopic (exact) mass is 477 g/mol. The molecule has 1 atom stereocenters. The van der Waals surface area contributed by atoms with Crippen molar-refractivity contribution in [2.75, 3.05) is 13.2 Å². The average Bonchev–Trinajstić information content (AvgIpc) is 2.89. The van der Waals surface area contributed by atoms with Gasteiger partial charge in [0, 0.05) is 12.3 Å². The van der Waals surface area contributed by atoms with E-state index >= 15 is 0 Å². The Hall–Kier alpha value is -2.88. The Balaban J connectivity index is 1.69. The molecule has 0 saturated carbocycles. The van der Waals surface area contributed by atoms with Crippen molar-refractivity contribution in [1.29, 1.82) is 0 Å². The van der Waals surface area contributed by atoms with E-state index in [0.29, 0.717) is 12.5 Å². The van der Waals surface area contributed by atoms with E-state index in [1.807, 2.05) is 54.7 Å². The van der Waals surface area contributed by atoms with E-state index in [9.17, 15) is 4.79 Å². The first-order chi connectivity index (χ1) is 17.1. The number of unbranched alkanes of at least 4 members (excludes halogenated alkanes) is 7. The smallest absolute Gasteiger partial charge is 0.330 e. The third-order valence-corrected chi connectivity index (χ3v) is 6.02. The van der Waals surface area contributed by atoms with Gasteiger partial charge in [-0.25, -0.2) is 4.79 Å². The highest BCUT2D eigenvalue weighted by atomic mass is 16.5. The highest BCUT2D eigenvalue weighted by Gasteiger charge is 2.02. The van der Waals surface area contributed by atoms with Crippen LogP contribution in [0.25, 0.3) is 6.08 Å². The zero-order valence-corrected chi connectivity index (χ0v) is 21.9. The molecule has 0 aliphatic rings. The lowest BCUT2D eigenvalue weighted by Gasteiger charge is -2.07. The van der Waals surface area contributed by atoms with Crippen LogP contribution in [0.2, 0.25) is 0 Å². The molecule has 0 heterocycles. The van der Waals surface area contributed by atoms with Gasteiger partial charge < -0.3 is 9.47 Å². The van der Waals surface area contributed by atoms with Gasteiger partial charge in [0.05, 0.1) is 18.9 Å². The van der Waals surface area contributed by atoms with Crippen LogP contribution in [-0.2, 0) is 9.53 Å². The Morgan fingerprint density at radius 3 is 2.14 bits per heavy atom. The molecule has 0 aliphatic carbocycles. The van der Waals surface area contributed by atoms with E-state index < -0.39 is 0 Å². The SMILES string of the molecule is CCCCCCCCCCOc1ccc(C=Nc2ccc(/C=C/C(=O)OC[C@@H](C)CC)cc2)cc1. The van der Waals surface area contributed by atoms with Crippen LogP contribution in [0.15, 0.2) is 59.6 Å². The molecule has 2 aromatic rings. The largest absolute Gasteiger partial charge is 0.494 e. The number of aliphatic imine (C=N–C) groups is 1. The fourth-order valence-corrected chi connectivity index (χ4v) is 3.45. The topological polar surface area (TPSA) is 47.9 Å². The summed E-state index contributed by atoms with van der Waals surface area (Å²) in [7, 11) is 0. The van der Waals surface area contributed by atoms with Crippen molar-refractivity contribution in [3.63, 3.8) is 0 Å². The van der Waals surface area contributed by atoms with Gasteiger partial charge >= 0.3 is 5.97 Å². The Kier molecular flexibility index (Phi) is 14.2. The molecule has 0 bridgehead atoms. The Morgan fingerprint density at radius 2 is 1.49 bits per heavy atom. The lowest BCUT2D eigenvalue weighted by Crippen LogP contribution is -2.08. The van der Waals surface area contributed by atoms with Crippen molar-refractivity contribution in [1.82, 2.24) is 0 Å². The number of ether oxygens (including phenoxy) is 2. The minimum Gasteiger partial charge on any atom is -0.494 e. The van der Waals surface area contributed by atoms with Crippen LogP contribution in [0.3, 0.4) is 0 Å². The van der Waals surface area contributed by atoms with Crippen LogP contribution in [-0.4, -0.2) is 25.4 Å². The maximum absolute atomic E-state index is 11.8. The van der Waals surface area contributed by atoms with Gasteiger partial charge in [-0.1, -0.05) is 84.3 Å². The van der Waals surface area contributed by atoms with Gasteiger partial charge in [0.2, 0.25) is 0 Å². The van der Waals surface area contributed by atoms with Crippen LogP contribution in [0.4, 0.5) is 5.69 Å². The first kappa shape index (κ1) is 28.4. The number of hydrogen-bond acceptors (Lipinski definition) is 4. The molecule has 0 saturated heterocycles. The molecule has 0 fully saturated rings. The summed E-state index contributed by atoms with van der Waals surface area (Å²) in [5.41, 5.74) is 2.82. The number of carbonyl (C=O) groups excluding carboxylic acids is 1. The van der Waals surface area contributed by atoms with Crippen LogP contribution >= 0.6 is 0 Å². The summed E-state index contributed by atoms with van der Waals surface area (Å²) >= 11 is 0. The first-order valence-electron chi connectivity index (χ1n) is 13.3. The van der Waals surface area contributed by atoms with Gasteiger partial charge in [-0.15, -0.1) is 0 Å². The summed E-state index contributed by atoms with van der Waals surface area (Å²) < 4.78 is 11.1. The van der Waals surface area contributed by atoms with Gasteiger partial charge in [0.15, 0.2) is 0 Å². The number of esters is 1. The third-order valence-electron chi connectivity index (χ3n) is 6.02. The molecule has 0 spiro atoms. The number of hydrogen-bond donors (Lipinski definition) is 0. The van der Waals surface area contributed by atoms with E-state index in [0.717, 1.165) is 42.0 Å². The molecule has 4 heteroatoms. The standard InChI is InChI=1S/C31H43NO3/c1-4-6-7-8-9-10-11-12-23-34-30-20-15-28(16-21-30)24-32-29-18-13-27(14-19-29)17-22-31(33)35-25-26(3)5-2/h13-22,24,26H,4-12,23,25H2,1-3H3/b22-17+,32-24?/t26-/m0/s1. The Morgan fingerprint density at radius 1 is 0.857 bits per heavy atom. The Bertz CT molecular complexity index is 884. The maximum Gasteiger partial charge on any atom is 0.330 e. The van der Waals surface area contributed by atoms with E-state index in [1.165, 1.54) is 51.0 Å². The first-order valence-corrected chi connectivity index (χ1v) is 13.3. The number of carbonyl (C=O) groups is 1. The summed E-state index contributed by atoms with van der Waals surface area (Å²) in [4.78, 5) is 16.3. The van der Waals surface area contributed by atoms with Crippen LogP contribution in [0.1, 0.15) is 89.7 Å². The summed E-state index contributed by atoms with van der Waals surface area (Å²) in [5, 5.41) is 0. The van der Waals surface area contributed by atoms with Gasteiger partial charge in [0.1, 0.15) is 5.75 Å². The molecule has 0 aliphatic heterocycles. The average molecular weight is 478 g/mol. The molecule has 0 radical (unpaired) electrons. The van der Waals surface area contributed by atoms with Gasteiger partial charge in [-0.05, 0) is 65.9 Å². The van der Waals surface area contributed by atoms with Crippen LogP contribution in [0.5, 0.6) is 5.75 Å². The zero-order valence-electron chi connectivity index (χ0n) is 21.9. The van der Waals surface area contributed by atoms with Crippen LogP contribution in [0, 0.1) is 5.92 Å².